The van der Waals surface area contributed by atoms with E-state index in [4.69, 9.17) is 4.74 Å². The summed E-state index contributed by atoms with van der Waals surface area (Å²) in [7, 11) is 1.58. The van der Waals surface area contributed by atoms with Gasteiger partial charge in [-0.25, -0.2) is 0 Å². The second-order valence-electron chi connectivity index (χ2n) is 3.67. The average molecular weight is 217 g/mol. The number of hydrogen-bond donors (Lipinski definition) is 0. The summed E-state index contributed by atoms with van der Waals surface area (Å²) < 4.78 is 5.03. The van der Waals surface area contributed by atoms with E-state index in [1.54, 1.807) is 7.11 Å². The molecule has 0 saturated carbocycles. The van der Waals surface area contributed by atoms with Gasteiger partial charge in [0.25, 0.3) is 5.91 Å². The molecular weight excluding hydrogens is 198 g/mol. The zero-order valence-corrected chi connectivity index (χ0v) is 9.97. The number of rotatable bonds is 2. The van der Waals surface area contributed by atoms with Gasteiger partial charge in [0, 0.05) is 31.2 Å². The largest absolute Gasteiger partial charge is 0.372 e. The first-order valence-corrected chi connectivity index (χ1v) is 6.13. The van der Waals surface area contributed by atoms with Crippen LogP contribution in [-0.2, 0) is 9.53 Å². The molecule has 4 heteroatoms. The van der Waals surface area contributed by atoms with E-state index in [9.17, 15) is 4.79 Å². The van der Waals surface area contributed by atoms with Gasteiger partial charge in [-0.3, -0.25) is 4.79 Å². The van der Waals surface area contributed by atoms with Gasteiger partial charge in [0.1, 0.15) is 6.10 Å². The highest BCUT2D eigenvalue weighted by molar-refractivity contribution is 7.99. The molecule has 3 nitrogen and oxygen atoms in total. The lowest BCUT2D eigenvalue weighted by Gasteiger charge is -2.23. The van der Waals surface area contributed by atoms with E-state index in [0.29, 0.717) is 5.25 Å². The van der Waals surface area contributed by atoms with Gasteiger partial charge in [0.05, 0.1) is 0 Å². The number of amides is 1. The molecule has 1 aliphatic heterocycles. The smallest absolute Gasteiger partial charge is 0.251 e. The maximum atomic E-state index is 11.8. The predicted octanol–water partition coefficient (Wildman–Crippen LogP) is 1.38. The summed E-state index contributed by atoms with van der Waals surface area (Å²) in [6.45, 7) is 5.77. The van der Waals surface area contributed by atoms with Crippen molar-refractivity contribution < 1.29 is 9.53 Å². The van der Waals surface area contributed by atoms with Gasteiger partial charge >= 0.3 is 0 Å². The van der Waals surface area contributed by atoms with E-state index < -0.39 is 0 Å². The summed E-state index contributed by atoms with van der Waals surface area (Å²) in [5.74, 6) is 1.17. The van der Waals surface area contributed by atoms with E-state index in [2.05, 4.69) is 6.92 Å². The fourth-order valence-corrected chi connectivity index (χ4v) is 2.48. The Balaban J connectivity index is 2.47. The molecular formula is C10H19NO2S. The van der Waals surface area contributed by atoms with Crippen molar-refractivity contribution in [1.29, 1.82) is 0 Å². The molecule has 1 saturated heterocycles. The van der Waals surface area contributed by atoms with E-state index in [0.717, 1.165) is 25.3 Å². The summed E-state index contributed by atoms with van der Waals surface area (Å²) in [6.07, 6.45) is 0.792. The molecule has 0 aliphatic carbocycles. The number of ether oxygens (including phenoxy) is 1. The molecule has 0 aromatic heterocycles. The third kappa shape index (κ3) is 3.17. The topological polar surface area (TPSA) is 29.5 Å². The average Bonchev–Trinajstić information content (AvgIpc) is 2.40. The summed E-state index contributed by atoms with van der Waals surface area (Å²) in [4.78, 5) is 13.7. The Morgan fingerprint density at radius 3 is 2.93 bits per heavy atom. The highest BCUT2D eigenvalue weighted by Gasteiger charge is 2.22. The number of carbonyl (C=O) groups is 1. The van der Waals surface area contributed by atoms with Crippen molar-refractivity contribution >= 4 is 17.7 Å². The van der Waals surface area contributed by atoms with Crippen LogP contribution in [-0.4, -0.2) is 48.1 Å². The number of nitrogens with zero attached hydrogens (tertiary/aromatic N) is 1. The Hall–Kier alpha value is -0.220. The number of carbonyl (C=O) groups excluding carboxylic acids is 1. The van der Waals surface area contributed by atoms with Crippen LogP contribution in [0.4, 0.5) is 0 Å². The monoisotopic (exact) mass is 217 g/mol. The Morgan fingerprint density at radius 1 is 1.57 bits per heavy atom. The van der Waals surface area contributed by atoms with Crippen molar-refractivity contribution in [2.24, 2.45) is 0 Å². The highest BCUT2D eigenvalue weighted by atomic mass is 32.2. The van der Waals surface area contributed by atoms with Gasteiger partial charge in [-0.15, -0.1) is 0 Å². The first kappa shape index (κ1) is 11.9. The van der Waals surface area contributed by atoms with Crippen LogP contribution in [0.25, 0.3) is 0 Å². The first-order valence-electron chi connectivity index (χ1n) is 5.08. The normalized spacial score (nSPS) is 25.6. The molecule has 0 aromatic carbocycles. The Labute approximate surface area is 90.2 Å². The van der Waals surface area contributed by atoms with Crippen molar-refractivity contribution in [2.45, 2.75) is 31.6 Å². The van der Waals surface area contributed by atoms with Gasteiger partial charge < -0.3 is 9.64 Å². The van der Waals surface area contributed by atoms with Crippen LogP contribution in [0.5, 0.6) is 0 Å². The minimum absolute atomic E-state index is 0.127. The summed E-state index contributed by atoms with van der Waals surface area (Å²) in [6, 6.07) is 0. The quantitative estimate of drug-likeness (QED) is 0.700. The molecule has 0 spiro atoms. The Kier molecular flexibility index (Phi) is 4.75. The molecule has 1 rings (SSSR count). The molecule has 0 N–H and O–H groups in total. The maximum absolute atomic E-state index is 11.8. The van der Waals surface area contributed by atoms with Crippen molar-refractivity contribution in [3.63, 3.8) is 0 Å². The standard InChI is InChI=1S/C10H19NO2S/c1-8-4-5-11(6-7-14-8)10(12)9(2)13-3/h8-9H,4-7H2,1-3H3. The predicted molar refractivity (Wildman–Crippen MR) is 59.6 cm³/mol. The van der Waals surface area contributed by atoms with Gasteiger partial charge in [0.15, 0.2) is 0 Å². The molecule has 2 atom stereocenters. The number of hydrogen-bond acceptors (Lipinski definition) is 3. The molecule has 1 amide bonds. The molecule has 0 bridgehead atoms. The van der Waals surface area contributed by atoms with Crippen molar-refractivity contribution in [1.82, 2.24) is 4.90 Å². The van der Waals surface area contributed by atoms with Crippen molar-refractivity contribution in [2.75, 3.05) is 26.0 Å². The molecule has 0 radical (unpaired) electrons. The summed E-state index contributed by atoms with van der Waals surface area (Å²) in [5, 5.41) is 0.672. The molecule has 1 aliphatic rings. The lowest BCUT2D eigenvalue weighted by Crippen LogP contribution is -2.40. The fourth-order valence-electron chi connectivity index (χ4n) is 1.48. The maximum Gasteiger partial charge on any atom is 0.251 e. The summed E-state index contributed by atoms with van der Waals surface area (Å²) >= 11 is 1.94. The molecule has 1 fully saturated rings. The highest BCUT2D eigenvalue weighted by Crippen LogP contribution is 2.19. The Morgan fingerprint density at radius 2 is 2.29 bits per heavy atom. The second kappa shape index (κ2) is 5.61. The third-order valence-corrected chi connectivity index (χ3v) is 3.81. The zero-order valence-electron chi connectivity index (χ0n) is 9.16. The zero-order chi connectivity index (χ0) is 10.6. The van der Waals surface area contributed by atoms with Crippen LogP contribution >= 0.6 is 11.8 Å². The van der Waals surface area contributed by atoms with Crippen LogP contribution < -0.4 is 0 Å². The van der Waals surface area contributed by atoms with Crippen molar-refractivity contribution in [3.05, 3.63) is 0 Å². The van der Waals surface area contributed by atoms with Crippen LogP contribution in [0, 0.1) is 0 Å². The SMILES string of the molecule is COC(C)C(=O)N1CCSC(C)CC1. The third-order valence-electron chi connectivity index (χ3n) is 2.58. The Bertz CT molecular complexity index is 199. The minimum atomic E-state index is -0.298. The molecule has 0 aromatic rings. The van der Waals surface area contributed by atoms with Crippen LogP contribution in [0.3, 0.4) is 0 Å². The number of thioether (sulfide) groups is 1. The van der Waals surface area contributed by atoms with Gasteiger partial charge in [0.2, 0.25) is 0 Å². The fraction of sp³-hybridized carbons (Fsp3) is 0.900. The number of methoxy groups -OCH3 is 1. The molecule has 2 unspecified atom stereocenters. The molecule has 82 valence electrons. The van der Waals surface area contributed by atoms with Gasteiger partial charge in [-0.1, -0.05) is 6.92 Å². The lowest BCUT2D eigenvalue weighted by molar-refractivity contribution is -0.140. The van der Waals surface area contributed by atoms with Crippen LogP contribution in [0.1, 0.15) is 20.3 Å². The molecule has 14 heavy (non-hydrogen) atoms. The van der Waals surface area contributed by atoms with E-state index in [1.807, 2.05) is 23.6 Å². The van der Waals surface area contributed by atoms with E-state index >= 15 is 0 Å². The van der Waals surface area contributed by atoms with Crippen LogP contribution in [0.15, 0.2) is 0 Å². The van der Waals surface area contributed by atoms with E-state index in [1.165, 1.54) is 0 Å². The minimum Gasteiger partial charge on any atom is -0.372 e. The first-order chi connectivity index (χ1) is 6.65. The summed E-state index contributed by atoms with van der Waals surface area (Å²) in [5.41, 5.74) is 0. The van der Waals surface area contributed by atoms with Crippen molar-refractivity contribution in [3.8, 4) is 0 Å². The lowest BCUT2D eigenvalue weighted by atomic mass is 10.2. The second-order valence-corrected chi connectivity index (χ2v) is 5.22. The van der Waals surface area contributed by atoms with Gasteiger partial charge in [-0.2, -0.15) is 11.8 Å². The van der Waals surface area contributed by atoms with Gasteiger partial charge in [-0.05, 0) is 13.3 Å². The van der Waals surface area contributed by atoms with Crippen LogP contribution in [0.2, 0.25) is 0 Å². The van der Waals surface area contributed by atoms with E-state index in [-0.39, 0.29) is 12.0 Å². The molecule has 1 heterocycles.